The molecule has 0 aliphatic rings. The quantitative estimate of drug-likeness (QED) is 0.590. The second-order valence-corrected chi connectivity index (χ2v) is 9.11. The van der Waals surface area contributed by atoms with Crippen LogP contribution in [0.3, 0.4) is 0 Å². The predicted molar refractivity (Wildman–Crippen MR) is 110 cm³/mol. The first kappa shape index (κ1) is 18.2. The van der Waals surface area contributed by atoms with Crippen LogP contribution >= 0.6 is 0 Å². The van der Waals surface area contributed by atoms with E-state index in [0.717, 1.165) is 16.5 Å². The number of anilines is 1. The van der Waals surface area contributed by atoms with E-state index in [-0.39, 0.29) is 16.7 Å². The van der Waals surface area contributed by atoms with Gasteiger partial charge in [-0.2, -0.15) is 0 Å². The first-order chi connectivity index (χ1) is 12.0. The number of hydrogen-bond donors (Lipinski definition) is 1. The van der Waals surface area contributed by atoms with Crippen molar-refractivity contribution in [1.82, 2.24) is 4.57 Å². The lowest BCUT2D eigenvalue weighted by Gasteiger charge is -2.26. The van der Waals surface area contributed by atoms with Crippen molar-refractivity contribution >= 4 is 22.5 Å². The largest absolute Gasteiger partial charge is 0.399 e. The Morgan fingerprint density at radius 3 is 1.96 bits per heavy atom. The third kappa shape index (κ3) is 3.39. The van der Waals surface area contributed by atoms with E-state index < -0.39 is 0 Å². The van der Waals surface area contributed by atoms with Crippen LogP contribution in [0.25, 0.3) is 10.9 Å². The van der Waals surface area contributed by atoms with E-state index in [9.17, 15) is 4.79 Å². The van der Waals surface area contributed by atoms with Gasteiger partial charge in [0, 0.05) is 22.8 Å². The van der Waals surface area contributed by atoms with Crippen LogP contribution < -0.4 is 5.73 Å². The summed E-state index contributed by atoms with van der Waals surface area (Å²) in [6, 6.07) is 13.8. The molecular weight excluding hydrogens is 320 g/mol. The molecule has 0 saturated carbocycles. The van der Waals surface area contributed by atoms with Gasteiger partial charge in [0.25, 0.3) is 5.91 Å². The van der Waals surface area contributed by atoms with E-state index in [1.54, 1.807) is 4.57 Å². The van der Waals surface area contributed by atoms with Crippen LogP contribution in [0.1, 0.15) is 63.0 Å². The minimum Gasteiger partial charge on any atom is -0.399 e. The Balaban J connectivity index is 2.16. The van der Waals surface area contributed by atoms with Crippen LogP contribution in [-0.4, -0.2) is 10.5 Å². The van der Waals surface area contributed by atoms with E-state index in [0.29, 0.717) is 5.69 Å². The number of carbonyl (C=O) groups excluding carboxylic acids is 1. The SMILES string of the molecule is CC(C)(C)c1cc(C(=O)n2ccc3cc(N)ccc32)cc(C(C)(C)C)c1. The molecule has 0 fully saturated rings. The Morgan fingerprint density at radius 2 is 1.42 bits per heavy atom. The van der Waals surface area contributed by atoms with Crippen LogP contribution in [0.4, 0.5) is 5.69 Å². The van der Waals surface area contributed by atoms with Crippen molar-refractivity contribution < 1.29 is 4.79 Å². The van der Waals surface area contributed by atoms with Gasteiger partial charge >= 0.3 is 0 Å². The van der Waals surface area contributed by atoms with Gasteiger partial charge in [-0.15, -0.1) is 0 Å². The van der Waals surface area contributed by atoms with Gasteiger partial charge in [0.05, 0.1) is 5.52 Å². The van der Waals surface area contributed by atoms with Gasteiger partial charge in [-0.05, 0) is 58.4 Å². The van der Waals surface area contributed by atoms with Crippen LogP contribution in [-0.2, 0) is 10.8 Å². The Kier molecular flexibility index (Phi) is 4.22. The smallest absolute Gasteiger partial charge is 0.262 e. The molecule has 3 aromatic rings. The zero-order chi connectivity index (χ0) is 19.3. The zero-order valence-electron chi connectivity index (χ0n) is 16.6. The van der Waals surface area contributed by atoms with Crippen LogP contribution in [0.5, 0.6) is 0 Å². The molecule has 0 aliphatic carbocycles. The fourth-order valence-corrected chi connectivity index (χ4v) is 3.09. The lowest BCUT2D eigenvalue weighted by molar-refractivity contribution is 0.0964. The number of nitrogens with two attached hydrogens (primary N) is 1. The molecule has 0 saturated heterocycles. The third-order valence-electron chi connectivity index (χ3n) is 4.85. The Morgan fingerprint density at radius 1 is 0.846 bits per heavy atom. The highest BCUT2D eigenvalue weighted by Crippen LogP contribution is 2.31. The molecule has 1 heterocycles. The highest BCUT2D eigenvalue weighted by atomic mass is 16.2. The average Bonchev–Trinajstić information content (AvgIpc) is 2.95. The summed E-state index contributed by atoms with van der Waals surface area (Å²) in [4.78, 5) is 13.3. The summed E-state index contributed by atoms with van der Waals surface area (Å²) in [5.74, 6) is -0.0126. The molecule has 2 N–H and O–H groups in total. The van der Waals surface area contributed by atoms with Gasteiger partial charge in [-0.3, -0.25) is 9.36 Å². The van der Waals surface area contributed by atoms with E-state index in [4.69, 9.17) is 5.73 Å². The van der Waals surface area contributed by atoms with Crippen molar-refractivity contribution in [2.45, 2.75) is 52.4 Å². The van der Waals surface area contributed by atoms with E-state index in [2.05, 4.69) is 47.6 Å². The Bertz CT molecular complexity index is 949. The monoisotopic (exact) mass is 348 g/mol. The van der Waals surface area contributed by atoms with Crippen LogP contribution in [0, 0.1) is 0 Å². The molecule has 3 rings (SSSR count). The summed E-state index contributed by atoms with van der Waals surface area (Å²) >= 11 is 0. The molecule has 0 aliphatic heterocycles. The van der Waals surface area contributed by atoms with Gasteiger partial charge in [0.15, 0.2) is 0 Å². The van der Waals surface area contributed by atoms with Crippen LogP contribution in [0.2, 0.25) is 0 Å². The summed E-state index contributed by atoms with van der Waals surface area (Å²) < 4.78 is 1.71. The van der Waals surface area contributed by atoms with Gasteiger partial charge in [-0.1, -0.05) is 47.6 Å². The topological polar surface area (TPSA) is 48.0 Å². The van der Waals surface area contributed by atoms with Gasteiger partial charge in [0.2, 0.25) is 0 Å². The first-order valence-corrected chi connectivity index (χ1v) is 9.04. The molecule has 0 unspecified atom stereocenters. The molecule has 1 aromatic heterocycles. The molecule has 0 atom stereocenters. The molecule has 3 heteroatoms. The van der Waals surface area contributed by atoms with Crippen molar-refractivity contribution in [3.05, 3.63) is 65.4 Å². The van der Waals surface area contributed by atoms with E-state index in [1.165, 1.54) is 11.1 Å². The lowest BCUT2D eigenvalue weighted by Crippen LogP contribution is -2.19. The predicted octanol–water partition coefficient (Wildman–Crippen LogP) is 5.51. The van der Waals surface area contributed by atoms with Gasteiger partial charge < -0.3 is 5.73 Å². The number of hydrogen-bond acceptors (Lipinski definition) is 2. The zero-order valence-corrected chi connectivity index (χ0v) is 16.6. The lowest BCUT2D eigenvalue weighted by atomic mass is 9.79. The maximum atomic E-state index is 13.3. The summed E-state index contributed by atoms with van der Waals surface area (Å²) in [5, 5.41) is 0.973. The molecule has 0 spiro atoms. The van der Waals surface area contributed by atoms with Crippen molar-refractivity contribution in [2.24, 2.45) is 0 Å². The number of aromatic nitrogens is 1. The van der Waals surface area contributed by atoms with Crippen molar-refractivity contribution in [3.8, 4) is 0 Å². The van der Waals surface area contributed by atoms with Crippen molar-refractivity contribution in [2.75, 3.05) is 5.73 Å². The minimum atomic E-state index is -0.0243. The molecule has 0 amide bonds. The molecule has 3 nitrogen and oxygen atoms in total. The van der Waals surface area contributed by atoms with E-state index in [1.807, 2.05) is 42.6 Å². The molecule has 2 aromatic carbocycles. The van der Waals surface area contributed by atoms with Gasteiger partial charge in [-0.25, -0.2) is 0 Å². The molecule has 26 heavy (non-hydrogen) atoms. The van der Waals surface area contributed by atoms with Gasteiger partial charge in [0.1, 0.15) is 0 Å². The second-order valence-electron chi connectivity index (χ2n) is 9.11. The number of fused-ring (bicyclic) bond motifs is 1. The molecule has 0 radical (unpaired) electrons. The summed E-state index contributed by atoms with van der Waals surface area (Å²) in [7, 11) is 0. The average molecular weight is 348 g/mol. The van der Waals surface area contributed by atoms with E-state index >= 15 is 0 Å². The summed E-state index contributed by atoms with van der Waals surface area (Å²) in [5.41, 5.74) is 10.5. The fraction of sp³-hybridized carbons (Fsp3) is 0.348. The standard InChI is InChI=1S/C23H28N2O/c1-22(2,3)17-11-16(12-18(14-17)23(4,5)6)21(26)25-10-9-15-13-19(24)7-8-20(15)25/h7-14H,24H2,1-6H3. The number of rotatable bonds is 1. The second kappa shape index (κ2) is 6.01. The highest BCUT2D eigenvalue weighted by molar-refractivity contribution is 6.02. The summed E-state index contributed by atoms with van der Waals surface area (Å²) in [6.07, 6.45) is 1.83. The molecular formula is C23H28N2O. The van der Waals surface area contributed by atoms with Crippen molar-refractivity contribution in [1.29, 1.82) is 0 Å². The Hall–Kier alpha value is -2.55. The van der Waals surface area contributed by atoms with Crippen molar-refractivity contribution in [3.63, 3.8) is 0 Å². The third-order valence-corrected chi connectivity index (χ3v) is 4.85. The number of nitrogen functional groups attached to an aromatic ring is 1. The van der Waals surface area contributed by atoms with Crippen LogP contribution in [0.15, 0.2) is 48.7 Å². The Labute approximate surface area is 155 Å². The molecule has 0 bridgehead atoms. The first-order valence-electron chi connectivity index (χ1n) is 9.04. The maximum absolute atomic E-state index is 13.3. The highest BCUT2D eigenvalue weighted by Gasteiger charge is 2.23. The summed E-state index contributed by atoms with van der Waals surface area (Å²) in [6.45, 7) is 13.1. The fourth-order valence-electron chi connectivity index (χ4n) is 3.09. The number of benzene rings is 2. The maximum Gasteiger partial charge on any atom is 0.262 e. The minimum absolute atomic E-state index is 0.0126. The number of nitrogens with zero attached hydrogens (tertiary/aromatic N) is 1. The number of carbonyl (C=O) groups is 1. The normalized spacial score (nSPS) is 12.5. The molecule has 136 valence electrons.